The normalized spacial score (nSPS) is 10.9. The molecule has 0 radical (unpaired) electrons. The summed E-state index contributed by atoms with van der Waals surface area (Å²) in [6, 6.07) is 16.9. The Morgan fingerprint density at radius 3 is 2.40 bits per heavy atom. The second-order valence-corrected chi connectivity index (χ2v) is 7.75. The first-order chi connectivity index (χ1) is 14.4. The number of benzene rings is 3. The lowest BCUT2D eigenvalue weighted by atomic mass is 10.2. The van der Waals surface area contributed by atoms with Crippen molar-refractivity contribution in [2.45, 2.75) is 6.54 Å². The van der Waals surface area contributed by atoms with Crippen LogP contribution in [0.4, 0.5) is 16.2 Å². The van der Waals surface area contributed by atoms with Crippen LogP contribution in [0.15, 0.2) is 66.9 Å². The fraction of sp³-hybridized carbons (Fsp3) is 0.0476. The SMILES string of the molecule is O=C(NCc1ccc(Cl)cc1)N(c1ccc(Cl)c(Cl)c1)c1ccc2c(cnn2O)c1. The molecular formula is C21H15Cl3N4O2. The molecule has 2 amide bonds. The Kier molecular flexibility index (Phi) is 5.72. The van der Waals surface area contributed by atoms with E-state index in [0.29, 0.717) is 43.9 Å². The average molecular weight is 462 g/mol. The van der Waals surface area contributed by atoms with E-state index in [-0.39, 0.29) is 6.03 Å². The number of halogens is 3. The monoisotopic (exact) mass is 460 g/mol. The molecule has 2 N–H and O–H groups in total. The first-order valence-corrected chi connectivity index (χ1v) is 10.0. The van der Waals surface area contributed by atoms with E-state index in [2.05, 4.69) is 10.4 Å². The lowest BCUT2D eigenvalue weighted by Crippen LogP contribution is -2.36. The smallest absolute Gasteiger partial charge is 0.326 e. The van der Waals surface area contributed by atoms with E-state index < -0.39 is 0 Å². The van der Waals surface area contributed by atoms with E-state index in [1.165, 1.54) is 11.1 Å². The summed E-state index contributed by atoms with van der Waals surface area (Å²) < 4.78 is 0. The molecule has 4 rings (SSSR count). The number of hydrogen-bond donors (Lipinski definition) is 2. The van der Waals surface area contributed by atoms with Gasteiger partial charge in [0.05, 0.1) is 27.6 Å². The van der Waals surface area contributed by atoms with Gasteiger partial charge in [0.2, 0.25) is 0 Å². The van der Waals surface area contributed by atoms with Crippen LogP contribution >= 0.6 is 34.8 Å². The number of rotatable bonds is 4. The molecule has 0 spiro atoms. The molecule has 1 heterocycles. The number of nitrogens with zero attached hydrogens (tertiary/aromatic N) is 3. The number of anilines is 2. The number of fused-ring (bicyclic) bond motifs is 1. The van der Waals surface area contributed by atoms with Crippen LogP contribution in [-0.4, -0.2) is 21.2 Å². The quantitative estimate of drug-likeness (QED) is 0.351. The van der Waals surface area contributed by atoms with Gasteiger partial charge in [0, 0.05) is 17.0 Å². The van der Waals surface area contributed by atoms with Crippen molar-refractivity contribution < 1.29 is 10.0 Å². The third-order valence-corrected chi connectivity index (χ3v) is 5.50. The van der Waals surface area contributed by atoms with Crippen LogP contribution in [0.5, 0.6) is 0 Å². The fourth-order valence-corrected chi connectivity index (χ4v) is 3.43. The lowest BCUT2D eigenvalue weighted by molar-refractivity contribution is 0.161. The summed E-state index contributed by atoms with van der Waals surface area (Å²) in [5.41, 5.74) is 2.53. The summed E-state index contributed by atoms with van der Waals surface area (Å²) in [6.07, 6.45) is 1.51. The number of hydrogen-bond acceptors (Lipinski definition) is 3. The third kappa shape index (κ3) is 4.16. The first kappa shape index (κ1) is 20.3. The molecule has 0 atom stereocenters. The zero-order valence-corrected chi connectivity index (χ0v) is 17.7. The Balaban J connectivity index is 1.69. The summed E-state index contributed by atoms with van der Waals surface area (Å²) in [4.78, 5) is 15.4. The van der Waals surface area contributed by atoms with E-state index in [1.807, 2.05) is 12.1 Å². The standard InChI is InChI=1S/C21H15Cl3N4O2/c22-15-3-1-13(2-4-15)11-25-21(29)27(17-5-7-18(23)19(24)10-17)16-6-8-20-14(9-16)12-26-28(20)30/h1-10,12,30H,11H2,(H,25,29). The first-order valence-electron chi connectivity index (χ1n) is 8.87. The Hall–Kier alpha value is -2.93. The molecule has 152 valence electrons. The van der Waals surface area contributed by atoms with Gasteiger partial charge < -0.3 is 10.5 Å². The highest BCUT2D eigenvalue weighted by atomic mass is 35.5. The summed E-state index contributed by atoms with van der Waals surface area (Å²) in [5, 5.41) is 18.5. The van der Waals surface area contributed by atoms with Gasteiger partial charge in [-0.15, -0.1) is 9.94 Å². The maximum atomic E-state index is 13.2. The summed E-state index contributed by atoms with van der Waals surface area (Å²) in [5.74, 6) is 0. The summed E-state index contributed by atoms with van der Waals surface area (Å²) >= 11 is 18.2. The van der Waals surface area contributed by atoms with E-state index in [4.69, 9.17) is 34.8 Å². The van der Waals surface area contributed by atoms with Gasteiger partial charge in [-0.3, -0.25) is 4.90 Å². The molecule has 3 aromatic carbocycles. The number of nitrogens with one attached hydrogen (secondary N) is 1. The van der Waals surface area contributed by atoms with Crippen LogP contribution in [0.3, 0.4) is 0 Å². The average Bonchev–Trinajstić information content (AvgIpc) is 3.11. The van der Waals surface area contributed by atoms with E-state index in [9.17, 15) is 10.0 Å². The molecule has 30 heavy (non-hydrogen) atoms. The van der Waals surface area contributed by atoms with E-state index in [1.54, 1.807) is 48.5 Å². The van der Waals surface area contributed by atoms with Gasteiger partial charge in [0.15, 0.2) is 0 Å². The fourth-order valence-electron chi connectivity index (χ4n) is 3.01. The number of aromatic nitrogens is 2. The number of amides is 2. The van der Waals surface area contributed by atoms with Crippen LogP contribution in [0, 0.1) is 0 Å². The van der Waals surface area contributed by atoms with Crippen LogP contribution in [0.25, 0.3) is 10.9 Å². The predicted molar refractivity (Wildman–Crippen MR) is 119 cm³/mol. The molecule has 0 aliphatic rings. The molecule has 9 heteroatoms. The maximum Gasteiger partial charge on any atom is 0.326 e. The highest BCUT2D eigenvalue weighted by molar-refractivity contribution is 6.42. The predicted octanol–water partition coefficient (Wildman–Crippen LogP) is 6.28. The lowest BCUT2D eigenvalue weighted by Gasteiger charge is -2.24. The van der Waals surface area contributed by atoms with Gasteiger partial charge in [-0.05, 0) is 54.1 Å². The second kappa shape index (κ2) is 8.44. The minimum atomic E-state index is -0.362. The van der Waals surface area contributed by atoms with E-state index >= 15 is 0 Å². The van der Waals surface area contributed by atoms with Crippen molar-refractivity contribution in [3.8, 4) is 0 Å². The Bertz CT molecular complexity index is 1220. The van der Waals surface area contributed by atoms with Crippen LogP contribution < -0.4 is 10.2 Å². The molecule has 0 saturated carbocycles. The molecule has 0 fully saturated rings. The van der Waals surface area contributed by atoms with Crippen LogP contribution in [0.2, 0.25) is 15.1 Å². The third-order valence-electron chi connectivity index (χ3n) is 4.51. The minimum absolute atomic E-state index is 0.310. The van der Waals surface area contributed by atoms with Gasteiger partial charge in [-0.2, -0.15) is 0 Å². The molecular weight excluding hydrogens is 447 g/mol. The molecule has 1 aromatic heterocycles. The van der Waals surface area contributed by atoms with Crippen LogP contribution in [0.1, 0.15) is 5.56 Å². The van der Waals surface area contributed by atoms with Crippen LogP contribution in [-0.2, 0) is 6.54 Å². The largest absolute Gasteiger partial charge is 0.411 e. The number of carbonyl (C=O) groups excluding carboxylic acids is 1. The van der Waals surface area contributed by atoms with Crippen molar-refractivity contribution in [2.75, 3.05) is 4.90 Å². The van der Waals surface area contributed by atoms with Gasteiger partial charge in [-0.25, -0.2) is 4.79 Å². The molecule has 0 saturated heterocycles. The summed E-state index contributed by atoms with van der Waals surface area (Å²) in [7, 11) is 0. The minimum Gasteiger partial charge on any atom is -0.411 e. The molecule has 0 unspecified atom stereocenters. The van der Waals surface area contributed by atoms with E-state index in [0.717, 1.165) is 10.4 Å². The molecule has 4 aromatic rings. The van der Waals surface area contributed by atoms with Crippen molar-refractivity contribution in [1.29, 1.82) is 0 Å². The zero-order valence-electron chi connectivity index (χ0n) is 15.4. The van der Waals surface area contributed by atoms with Crippen molar-refractivity contribution in [2.24, 2.45) is 0 Å². The highest BCUT2D eigenvalue weighted by Gasteiger charge is 2.20. The molecule has 0 aliphatic heterocycles. The van der Waals surface area contributed by atoms with Gasteiger partial charge in [0.25, 0.3) is 0 Å². The topological polar surface area (TPSA) is 70.4 Å². The molecule has 6 nitrogen and oxygen atoms in total. The molecule has 0 bridgehead atoms. The van der Waals surface area contributed by atoms with Crippen molar-refractivity contribution in [3.63, 3.8) is 0 Å². The summed E-state index contributed by atoms with van der Waals surface area (Å²) in [6.45, 7) is 0.310. The Morgan fingerprint density at radius 2 is 1.67 bits per heavy atom. The van der Waals surface area contributed by atoms with Crippen molar-refractivity contribution >= 4 is 63.1 Å². The number of carbonyl (C=O) groups is 1. The van der Waals surface area contributed by atoms with Gasteiger partial charge in [0.1, 0.15) is 5.52 Å². The zero-order chi connectivity index (χ0) is 21.3. The maximum absolute atomic E-state index is 13.2. The second-order valence-electron chi connectivity index (χ2n) is 6.50. The highest BCUT2D eigenvalue weighted by Crippen LogP contribution is 2.33. The van der Waals surface area contributed by atoms with Gasteiger partial charge in [-0.1, -0.05) is 46.9 Å². The Labute approximate surface area is 187 Å². The van der Waals surface area contributed by atoms with Crippen molar-refractivity contribution in [1.82, 2.24) is 15.3 Å². The van der Waals surface area contributed by atoms with Crippen molar-refractivity contribution in [3.05, 3.63) is 87.5 Å². The van der Waals surface area contributed by atoms with Gasteiger partial charge >= 0.3 is 6.03 Å². The number of urea groups is 1. The molecule has 0 aliphatic carbocycles. The Morgan fingerprint density at radius 1 is 0.967 bits per heavy atom.